The highest BCUT2D eigenvalue weighted by molar-refractivity contribution is 6.04. The standard InChI is InChI=1S/C35H58O5/c1-7-8-9-10-11-12-13-14-15-16-17-18-28(37)23-33(6)21-26(3)35(40)29(32(33,4)5)20-27(24-36)22-34(39)30(35)19-25(2)31(34)38/h19-20,26,29-30,36,39-40H,7-18,21-24H2,1-6H3/t26-,29+,30-,33+,34-,35-/m1/s1. The number of unbranched alkanes of at least 4 members (excludes halogenated alkanes) is 10. The van der Waals surface area contributed by atoms with Crippen LogP contribution in [0.25, 0.3) is 0 Å². The second-order valence-corrected chi connectivity index (χ2v) is 14.5. The molecule has 0 aromatic carbocycles. The van der Waals surface area contributed by atoms with Crippen molar-refractivity contribution in [3.8, 4) is 0 Å². The zero-order valence-electron chi connectivity index (χ0n) is 26.4. The summed E-state index contributed by atoms with van der Waals surface area (Å²) in [6, 6.07) is 0. The van der Waals surface area contributed by atoms with Crippen molar-refractivity contribution < 1.29 is 24.9 Å². The maximum atomic E-state index is 13.3. The van der Waals surface area contributed by atoms with Crippen LogP contribution < -0.4 is 0 Å². The van der Waals surface area contributed by atoms with Crippen LogP contribution in [0.1, 0.15) is 138 Å². The molecule has 0 amide bonds. The van der Waals surface area contributed by atoms with Gasteiger partial charge in [-0.3, -0.25) is 9.59 Å². The van der Waals surface area contributed by atoms with Gasteiger partial charge in [-0.15, -0.1) is 0 Å². The van der Waals surface area contributed by atoms with Crippen molar-refractivity contribution in [2.45, 2.75) is 149 Å². The van der Waals surface area contributed by atoms with Gasteiger partial charge in [0.1, 0.15) is 11.4 Å². The van der Waals surface area contributed by atoms with E-state index in [9.17, 15) is 24.9 Å². The predicted molar refractivity (Wildman–Crippen MR) is 162 cm³/mol. The zero-order chi connectivity index (χ0) is 29.8. The van der Waals surface area contributed by atoms with Gasteiger partial charge in [-0.1, -0.05) is 111 Å². The molecule has 0 saturated heterocycles. The highest BCUT2D eigenvalue weighted by atomic mass is 16.3. The largest absolute Gasteiger partial charge is 0.392 e. The van der Waals surface area contributed by atoms with Crippen LogP contribution in [0.5, 0.6) is 0 Å². The lowest BCUT2D eigenvalue weighted by Crippen LogP contribution is -2.66. The highest BCUT2D eigenvalue weighted by Crippen LogP contribution is 2.65. The molecule has 0 aromatic rings. The van der Waals surface area contributed by atoms with Gasteiger partial charge in [-0.25, -0.2) is 0 Å². The molecule has 0 unspecified atom stereocenters. The number of Topliss-reactive ketones (excluding diaryl/α,β-unsaturated/α-hetero) is 2. The number of fused-ring (bicyclic) bond motifs is 3. The van der Waals surface area contributed by atoms with Gasteiger partial charge in [0.25, 0.3) is 0 Å². The fraction of sp³-hybridized carbons (Fsp3) is 0.829. The summed E-state index contributed by atoms with van der Waals surface area (Å²) in [5.74, 6) is -1.48. The minimum absolute atomic E-state index is 0.0248. The van der Waals surface area contributed by atoms with Crippen molar-refractivity contribution >= 4 is 11.6 Å². The number of ketones is 2. The molecule has 5 nitrogen and oxygen atoms in total. The minimum atomic E-state index is -1.74. The van der Waals surface area contributed by atoms with E-state index < -0.39 is 28.5 Å². The van der Waals surface area contributed by atoms with Crippen LogP contribution in [-0.4, -0.2) is 44.7 Å². The van der Waals surface area contributed by atoms with E-state index in [4.69, 9.17) is 0 Å². The zero-order valence-corrected chi connectivity index (χ0v) is 26.4. The molecule has 5 heteroatoms. The van der Waals surface area contributed by atoms with E-state index in [-0.39, 0.29) is 35.9 Å². The summed E-state index contributed by atoms with van der Waals surface area (Å²) in [7, 11) is 0. The third-order valence-corrected chi connectivity index (χ3v) is 11.3. The van der Waals surface area contributed by atoms with Crippen molar-refractivity contribution in [2.75, 3.05) is 6.61 Å². The van der Waals surface area contributed by atoms with Crippen molar-refractivity contribution in [1.82, 2.24) is 0 Å². The van der Waals surface area contributed by atoms with Crippen molar-refractivity contribution in [2.24, 2.45) is 28.6 Å². The second kappa shape index (κ2) is 13.3. The lowest BCUT2D eigenvalue weighted by atomic mass is 9.43. The van der Waals surface area contributed by atoms with Crippen molar-refractivity contribution in [3.05, 3.63) is 23.3 Å². The third-order valence-electron chi connectivity index (χ3n) is 11.3. The van der Waals surface area contributed by atoms with Crippen LogP contribution in [0.2, 0.25) is 0 Å². The average molecular weight is 559 g/mol. The first-order chi connectivity index (χ1) is 18.8. The fourth-order valence-electron chi connectivity index (χ4n) is 8.42. The fourth-order valence-corrected chi connectivity index (χ4v) is 8.42. The molecule has 3 rings (SSSR count). The van der Waals surface area contributed by atoms with E-state index in [0.717, 1.165) is 12.8 Å². The summed E-state index contributed by atoms with van der Waals surface area (Å²) in [4.78, 5) is 26.4. The van der Waals surface area contributed by atoms with Crippen LogP contribution in [0, 0.1) is 28.6 Å². The molecule has 0 aliphatic heterocycles. The first-order valence-corrected chi connectivity index (χ1v) is 16.3. The number of hydrogen-bond donors (Lipinski definition) is 3. The minimum Gasteiger partial charge on any atom is -0.392 e. The Morgan fingerprint density at radius 2 is 1.45 bits per heavy atom. The molecule has 0 bridgehead atoms. The van der Waals surface area contributed by atoms with Crippen LogP contribution in [0.4, 0.5) is 0 Å². The van der Waals surface area contributed by atoms with Gasteiger partial charge in [0.05, 0.1) is 12.2 Å². The summed E-state index contributed by atoms with van der Waals surface area (Å²) >= 11 is 0. The van der Waals surface area contributed by atoms with Crippen LogP contribution in [0.15, 0.2) is 23.3 Å². The molecule has 40 heavy (non-hydrogen) atoms. The number of carbonyl (C=O) groups is 2. The first kappa shape index (κ1) is 33.2. The van der Waals surface area contributed by atoms with E-state index >= 15 is 0 Å². The van der Waals surface area contributed by atoms with Gasteiger partial charge in [0.2, 0.25) is 0 Å². The van der Waals surface area contributed by atoms with Crippen LogP contribution >= 0.6 is 0 Å². The van der Waals surface area contributed by atoms with Crippen molar-refractivity contribution in [1.29, 1.82) is 0 Å². The topological polar surface area (TPSA) is 94.8 Å². The molecule has 6 atom stereocenters. The maximum absolute atomic E-state index is 13.3. The number of hydrogen-bond acceptors (Lipinski definition) is 5. The molecular formula is C35H58O5. The lowest BCUT2D eigenvalue weighted by Gasteiger charge is -2.62. The number of carbonyl (C=O) groups excluding carboxylic acids is 2. The number of aliphatic hydroxyl groups excluding tert-OH is 1. The van der Waals surface area contributed by atoms with E-state index in [1.807, 2.05) is 13.0 Å². The van der Waals surface area contributed by atoms with Gasteiger partial charge in [0, 0.05) is 31.1 Å². The Kier molecular flexibility index (Phi) is 11.1. The Hall–Kier alpha value is -1.30. The third kappa shape index (κ3) is 6.37. The molecule has 3 aliphatic carbocycles. The van der Waals surface area contributed by atoms with Gasteiger partial charge in [-0.2, -0.15) is 0 Å². The Morgan fingerprint density at radius 1 is 0.900 bits per heavy atom. The molecular weight excluding hydrogens is 500 g/mol. The molecule has 1 saturated carbocycles. The smallest absolute Gasteiger partial charge is 0.190 e. The summed E-state index contributed by atoms with van der Waals surface area (Å²) < 4.78 is 0. The Labute approximate surface area is 243 Å². The first-order valence-electron chi connectivity index (χ1n) is 16.3. The van der Waals surface area contributed by atoms with E-state index in [1.165, 1.54) is 57.8 Å². The van der Waals surface area contributed by atoms with Gasteiger partial charge in [0.15, 0.2) is 5.78 Å². The van der Waals surface area contributed by atoms with Gasteiger partial charge < -0.3 is 15.3 Å². The molecule has 1 fully saturated rings. The number of aliphatic hydroxyl groups is 3. The second-order valence-electron chi connectivity index (χ2n) is 14.5. The summed E-state index contributed by atoms with van der Waals surface area (Å²) in [6.45, 7) is 12.1. The monoisotopic (exact) mass is 558 g/mol. The molecule has 0 radical (unpaired) electrons. The summed E-state index contributed by atoms with van der Waals surface area (Å²) in [6.07, 6.45) is 19.2. The summed E-state index contributed by atoms with van der Waals surface area (Å²) in [5, 5.41) is 34.3. The number of rotatable bonds is 15. The SMILES string of the molecule is CCCCCCCCCCCCCC(=O)C[C@]1(C)C[C@@H](C)[C@@]2(O)[C@@H](C=C(CO)C[C@]3(O)C(=O)C(C)=C[C@@H]23)C1(C)C. The van der Waals surface area contributed by atoms with Crippen molar-refractivity contribution in [3.63, 3.8) is 0 Å². The van der Waals surface area contributed by atoms with Crippen LogP contribution in [0.3, 0.4) is 0 Å². The molecule has 0 aromatic heterocycles. The predicted octanol–water partition coefficient (Wildman–Crippen LogP) is 7.27. The molecule has 3 aliphatic rings. The molecule has 228 valence electrons. The summed E-state index contributed by atoms with van der Waals surface area (Å²) in [5.41, 5.74) is -2.91. The van der Waals surface area contributed by atoms with Gasteiger partial charge >= 0.3 is 0 Å². The quantitative estimate of drug-likeness (QED) is 0.145. The molecule has 3 N–H and O–H groups in total. The molecule has 0 spiro atoms. The normalized spacial score (nSPS) is 35.0. The Balaban J connectivity index is 1.63. The highest BCUT2D eigenvalue weighted by Gasteiger charge is 2.68. The van der Waals surface area contributed by atoms with Crippen LogP contribution in [-0.2, 0) is 9.59 Å². The Bertz CT molecular complexity index is 963. The maximum Gasteiger partial charge on any atom is 0.190 e. The Morgan fingerprint density at radius 3 is 2.00 bits per heavy atom. The van der Waals surface area contributed by atoms with E-state index in [2.05, 4.69) is 27.7 Å². The lowest BCUT2D eigenvalue weighted by molar-refractivity contribution is -0.216. The average Bonchev–Trinajstić information content (AvgIpc) is 3.05. The van der Waals surface area contributed by atoms with E-state index in [0.29, 0.717) is 30.4 Å². The molecule has 0 heterocycles. The van der Waals surface area contributed by atoms with Gasteiger partial charge in [-0.05, 0) is 47.7 Å². The van der Waals surface area contributed by atoms with E-state index in [1.54, 1.807) is 13.0 Å².